The molecule has 1 aromatic carbocycles. The van der Waals surface area contributed by atoms with Gasteiger partial charge in [0.05, 0.1) is 33.5 Å². The van der Waals surface area contributed by atoms with E-state index in [0.29, 0.717) is 44.1 Å². The number of anilines is 1. The first-order valence-electron chi connectivity index (χ1n) is 9.12. The van der Waals surface area contributed by atoms with Crippen molar-refractivity contribution in [1.29, 1.82) is 0 Å². The van der Waals surface area contributed by atoms with Gasteiger partial charge in [-0.15, -0.1) is 11.3 Å². The lowest BCUT2D eigenvalue weighted by molar-refractivity contribution is 0.0574. The summed E-state index contributed by atoms with van der Waals surface area (Å²) < 4.78 is 29.2. The van der Waals surface area contributed by atoms with E-state index in [1.54, 1.807) is 0 Å². The fourth-order valence-corrected chi connectivity index (χ4v) is 4.37. The molecule has 6 nitrogen and oxygen atoms in total. The Morgan fingerprint density at radius 2 is 1.90 bits per heavy atom. The van der Waals surface area contributed by atoms with Crippen LogP contribution in [-0.4, -0.2) is 70.5 Å². The van der Waals surface area contributed by atoms with Crippen molar-refractivity contribution < 1.29 is 19.0 Å². The van der Waals surface area contributed by atoms with Crippen LogP contribution in [0.5, 0.6) is 0 Å². The Hall–Kier alpha value is -1.91. The molecule has 1 aliphatic rings. The molecule has 0 amide bonds. The second-order valence-corrected chi connectivity index (χ2v) is 8.20. The van der Waals surface area contributed by atoms with Gasteiger partial charge in [-0.05, 0) is 23.6 Å². The van der Waals surface area contributed by atoms with Gasteiger partial charge in [-0.3, -0.25) is 4.90 Å². The molecule has 0 unspecified atom stereocenters. The molecule has 1 aliphatic heterocycles. The third-order valence-electron chi connectivity index (χ3n) is 4.89. The molecule has 29 heavy (non-hydrogen) atoms. The third-order valence-corrected chi connectivity index (χ3v) is 6.08. The molecule has 1 saturated heterocycles. The monoisotopic (exact) mass is 440 g/mol. The lowest BCUT2D eigenvalue weighted by Gasteiger charge is -2.36. The molecule has 4 rings (SSSR count). The number of nitrogens with zero attached hydrogens (tertiary/aromatic N) is 4. The van der Waals surface area contributed by atoms with Gasteiger partial charge in [0, 0.05) is 32.7 Å². The Balaban J connectivity index is 1.66. The van der Waals surface area contributed by atoms with E-state index in [0.717, 1.165) is 16.8 Å². The van der Waals surface area contributed by atoms with Crippen LogP contribution in [0.2, 0.25) is 5.02 Å². The molecule has 154 valence electrons. The van der Waals surface area contributed by atoms with Crippen molar-refractivity contribution in [1.82, 2.24) is 14.9 Å². The molecule has 2 N–H and O–H groups in total. The van der Waals surface area contributed by atoms with Gasteiger partial charge in [-0.25, -0.2) is 18.7 Å². The van der Waals surface area contributed by atoms with Crippen LogP contribution in [0.4, 0.5) is 14.6 Å². The zero-order chi connectivity index (χ0) is 20.5. The lowest BCUT2D eigenvalue weighted by atomic mass is 10.2. The summed E-state index contributed by atoms with van der Waals surface area (Å²) in [5, 5.41) is 20.3. The van der Waals surface area contributed by atoms with Gasteiger partial charge in [0.1, 0.15) is 11.6 Å². The predicted octanol–water partition coefficient (Wildman–Crippen LogP) is 2.77. The van der Waals surface area contributed by atoms with Crippen LogP contribution in [0.15, 0.2) is 23.6 Å². The quantitative estimate of drug-likeness (QED) is 0.594. The molecular formula is C19H19ClF2N4O2S. The molecule has 1 fully saturated rings. The molecule has 0 saturated carbocycles. The number of β-amino-alcohol motifs (C(OH)–C–C–N with tert-alkyl or cyclic N) is 1. The van der Waals surface area contributed by atoms with Crippen molar-refractivity contribution >= 4 is 39.0 Å². The molecule has 1 atom stereocenters. The van der Waals surface area contributed by atoms with Crippen LogP contribution < -0.4 is 4.90 Å². The Morgan fingerprint density at radius 3 is 2.62 bits per heavy atom. The fourth-order valence-electron chi connectivity index (χ4n) is 3.37. The van der Waals surface area contributed by atoms with E-state index in [1.807, 2.05) is 11.4 Å². The number of fused-ring (bicyclic) bond motifs is 1. The molecule has 0 spiro atoms. The fraction of sp³-hybridized carbons (Fsp3) is 0.368. The molecule has 0 aliphatic carbocycles. The van der Waals surface area contributed by atoms with E-state index in [-0.39, 0.29) is 23.0 Å². The van der Waals surface area contributed by atoms with Crippen molar-refractivity contribution in [3.63, 3.8) is 0 Å². The van der Waals surface area contributed by atoms with E-state index in [4.69, 9.17) is 16.7 Å². The minimum absolute atomic E-state index is 0.0362. The summed E-state index contributed by atoms with van der Waals surface area (Å²) in [6, 6.07) is 3.77. The minimum atomic E-state index is -0.765. The molecule has 2 aromatic heterocycles. The maximum Gasteiger partial charge on any atom is 0.165 e. The summed E-state index contributed by atoms with van der Waals surface area (Å²) in [6.07, 6.45) is -0.765. The van der Waals surface area contributed by atoms with Crippen LogP contribution in [0.3, 0.4) is 0 Å². The zero-order valence-electron chi connectivity index (χ0n) is 15.4. The second-order valence-electron chi connectivity index (χ2n) is 6.88. The normalized spacial score (nSPS) is 16.5. The topological polar surface area (TPSA) is 72.7 Å². The molecule has 10 heteroatoms. The number of thiophene rings is 1. The van der Waals surface area contributed by atoms with Gasteiger partial charge in [-0.2, -0.15) is 0 Å². The first-order valence-corrected chi connectivity index (χ1v) is 10.4. The molecular weight excluding hydrogens is 422 g/mol. The average molecular weight is 441 g/mol. The van der Waals surface area contributed by atoms with Gasteiger partial charge >= 0.3 is 0 Å². The molecule has 0 radical (unpaired) electrons. The van der Waals surface area contributed by atoms with Gasteiger partial charge in [-0.1, -0.05) is 11.6 Å². The van der Waals surface area contributed by atoms with E-state index in [2.05, 4.69) is 19.8 Å². The van der Waals surface area contributed by atoms with E-state index in [1.165, 1.54) is 11.3 Å². The molecule has 0 bridgehead atoms. The van der Waals surface area contributed by atoms with E-state index in [9.17, 15) is 13.9 Å². The third kappa shape index (κ3) is 4.19. The maximum atomic E-state index is 14.4. The highest BCUT2D eigenvalue weighted by Gasteiger charge is 2.24. The van der Waals surface area contributed by atoms with Crippen LogP contribution in [0.1, 0.15) is 0 Å². The smallest absolute Gasteiger partial charge is 0.165 e. The summed E-state index contributed by atoms with van der Waals surface area (Å²) in [7, 11) is 0. The predicted molar refractivity (Wildman–Crippen MR) is 110 cm³/mol. The highest BCUT2D eigenvalue weighted by molar-refractivity contribution is 7.17. The summed E-state index contributed by atoms with van der Waals surface area (Å²) in [5.74, 6) is -0.622. The standard InChI is InChI=1S/C19H19ClF2N4O2S/c20-13-8-14(21)12(7-15(13)22)18-23-16-1-6-29-17(16)19(24-18)26-4-2-25(3-5-26)9-11(28)10-27/h1,6-8,11,27-28H,2-5,9-10H2/t11-/m0/s1. The number of aromatic nitrogens is 2. The van der Waals surface area contributed by atoms with Gasteiger partial charge < -0.3 is 15.1 Å². The number of halogens is 3. The van der Waals surface area contributed by atoms with Gasteiger partial charge in [0.25, 0.3) is 0 Å². The Kier molecular flexibility index (Phi) is 5.93. The van der Waals surface area contributed by atoms with Gasteiger partial charge in [0.15, 0.2) is 11.6 Å². The average Bonchev–Trinajstić information content (AvgIpc) is 3.19. The second kappa shape index (κ2) is 8.45. The number of benzene rings is 1. The Bertz CT molecular complexity index is 1030. The SMILES string of the molecule is OC[C@@H](O)CN1CCN(c2nc(-c3cc(F)c(Cl)cc3F)nc3ccsc23)CC1. The summed E-state index contributed by atoms with van der Waals surface area (Å²) in [5.41, 5.74) is 0.633. The largest absolute Gasteiger partial charge is 0.394 e. The van der Waals surface area contributed by atoms with Crippen molar-refractivity contribution in [2.75, 3.05) is 44.2 Å². The first kappa shape index (κ1) is 20.4. The van der Waals surface area contributed by atoms with Crippen LogP contribution in [0.25, 0.3) is 21.6 Å². The Morgan fingerprint density at radius 1 is 1.14 bits per heavy atom. The van der Waals surface area contributed by atoms with Crippen molar-refractivity contribution in [3.05, 3.63) is 40.2 Å². The summed E-state index contributed by atoms with van der Waals surface area (Å²) >= 11 is 7.16. The van der Waals surface area contributed by atoms with Crippen molar-refractivity contribution in [3.8, 4) is 11.4 Å². The Labute approximate surface area is 175 Å². The van der Waals surface area contributed by atoms with Crippen LogP contribution >= 0.6 is 22.9 Å². The first-order chi connectivity index (χ1) is 14.0. The number of aliphatic hydroxyl groups excluding tert-OH is 2. The lowest BCUT2D eigenvalue weighted by Crippen LogP contribution is -2.49. The number of hydrogen-bond acceptors (Lipinski definition) is 7. The summed E-state index contributed by atoms with van der Waals surface area (Å²) in [4.78, 5) is 13.1. The highest BCUT2D eigenvalue weighted by Crippen LogP contribution is 2.33. The summed E-state index contributed by atoms with van der Waals surface area (Å²) in [6.45, 7) is 2.82. The molecule has 3 heterocycles. The van der Waals surface area contributed by atoms with Gasteiger partial charge in [0.2, 0.25) is 0 Å². The number of rotatable bonds is 5. The highest BCUT2D eigenvalue weighted by atomic mass is 35.5. The van der Waals surface area contributed by atoms with Crippen LogP contribution in [-0.2, 0) is 0 Å². The zero-order valence-corrected chi connectivity index (χ0v) is 16.9. The number of hydrogen-bond donors (Lipinski definition) is 2. The molecule has 3 aromatic rings. The minimum Gasteiger partial charge on any atom is -0.394 e. The van der Waals surface area contributed by atoms with Crippen molar-refractivity contribution in [2.24, 2.45) is 0 Å². The van der Waals surface area contributed by atoms with Crippen molar-refractivity contribution in [2.45, 2.75) is 6.10 Å². The number of piperazine rings is 1. The van der Waals surface area contributed by atoms with Crippen LogP contribution in [0, 0.1) is 11.6 Å². The van der Waals surface area contributed by atoms with E-state index < -0.39 is 17.7 Å². The van der Waals surface area contributed by atoms with E-state index >= 15 is 0 Å². The number of aliphatic hydroxyl groups is 2. The maximum absolute atomic E-state index is 14.4.